The molecule has 1 aliphatic heterocycles. The minimum absolute atomic E-state index is 0.0800. The van der Waals surface area contributed by atoms with Crippen molar-refractivity contribution >= 4 is 5.91 Å². The minimum Gasteiger partial charge on any atom is -0.384 e. The second-order valence-electron chi connectivity index (χ2n) is 4.53. The number of nitrogens with zero attached hydrogens (tertiary/aromatic N) is 1. The van der Waals surface area contributed by atoms with Gasteiger partial charge in [0.15, 0.2) is 0 Å². The summed E-state index contributed by atoms with van der Waals surface area (Å²) in [6, 6.07) is 7.86. The minimum atomic E-state index is -0.138. The number of rotatable bonds is 2. The molecule has 0 atom stereocenters. The third-order valence-corrected chi connectivity index (χ3v) is 3.05. The molecular weight excluding hydrogens is 240 g/mol. The van der Waals surface area contributed by atoms with Crippen LogP contribution in [0.4, 0.5) is 0 Å². The van der Waals surface area contributed by atoms with Crippen LogP contribution in [0.15, 0.2) is 24.3 Å². The highest BCUT2D eigenvalue weighted by Gasteiger charge is 2.15. The predicted octanol–water partition coefficient (Wildman–Crippen LogP) is 0.352. The number of hydrogen-bond donors (Lipinski definition) is 2. The van der Waals surface area contributed by atoms with Crippen molar-refractivity contribution in [2.75, 3.05) is 26.2 Å². The molecule has 0 spiro atoms. The van der Waals surface area contributed by atoms with E-state index in [1.807, 2.05) is 24.3 Å². The Kier molecular flexibility index (Phi) is 4.96. The molecule has 1 aromatic carbocycles. The van der Waals surface area contributed by atoms with E-state index in [2.05, 4.69) is 22.1 Å². The van der Waals surface area contributed by atoms with E-state index in [0.717, 1.165) is 30.6 Å². The van der Waals surface area contributed by atoms with Crippen molar-refractivity contribution < 1.29 is 9.90 Å². The summed E-state index contributed by atoms with van der Waals surface area (Å²) in [4.78, 5) is 13.7. The molecule has 0 saturated carbocycles. The Labute approximate surface area is 113 Å². The first-order valence-electron chi connectivity index (χ1n) is 6.46. The van der Waals surface area contributed by atoms with Crippen molar-refractivity contribution in [3.8, 4) is 11.8 Å². The Balaban J connectivity index is 2.11. The van der Waals surface area contributed by atoms with Crippen LogP contribution in [-0.2, 0) is 11.3 Å². The van der Waals surface area contributed by atoms with Gasteiger partial charge in [0, 0.05) is 25.2 Å². The number of aliphatic hydroxyl groups is 1. The van der Waals surface area contributed by atoms with Crippen LogP contribution >= 0.6 is 0 Å². The molecule has 0 aromatic heterocycles. The van der Waals surface area contributed by atoms with Crippen LogP contribution in [0, 0.1) is 11.8 Å². The van der Waals surface area contributed by atoms with Gasteiger partial charge in [0.25, 0.3) is 0 Å². The van der Waals surface area contributed by atoms with E-state index in [4.69, 9.17) is 5.11 Å². The van der Waals surface area contributed by atoms with Gasteiger partial charge in [0.2, 0.25) is 5.91 Å². The summed E-state index contributed by atoms with van der Waals surface area (Å²) in [5.74, 6) is 5.70. The Morgan fingerprint density at radius 3 is 3.05 bits per heavy atom. The lowest BCUT2D eigenvalue weighted by Gasteiger charge is -2.19. The third kappa shape index (κ3) is 4.09. The molecule has 2 rings (SSSR count). The number of aliphatic hydroxyl groups excluding tert-OH is 1. The maximum atomic E-state index is 11.5. The molecule has 1 aromatic rings. The van der Waals surface area contributed by atoms with E-state index in [9.17, 15) is 4.79 Å². The van der Waals surface area contributed by atoms with Crippen LogP contribution in [-0.4, -0.2) is 42.2 Å². The Morgan fingerprint density at radius 1 is 1.37 bits per heavy atom. The summed E-state index contributed by atoms with van der Waals surface area (Å²) in [6.45, 7) is 2.66. The monoisotopic (exact) mass is 258 g/mol. The number of hydrogen-bond acceptors (Lipinski definition) is 3. The molecule has 4 nitrogen and oxygen atoms in total. The van der Waals surface area contributed by atoms with Gasteiger partial charge in [0.05, 0.1) is 6.54 Å². The van der Waals surface area contributed by atoms with E-state index >= 15 is 0 Å². The van der Waals surface area contributed by atoms with Crippen LogP contribution < -0.4 is 5.32 Å². The van der Waals surface area contributed by atoms with E-state index < -0.39 is 0 Å². The predicted molar refractivity (Wildman–Crippen MR) is 73.3 cm³/mol. The van der Waals surface area contributed by atoms with Crippen LogP contribution in [0.5, 0.6) is 0 Å². The molecule has 0 unspecified atom stereocenters. The lowest BCUT2D eigenvalue weighted by molar-refractivity contribution is -0.121. The van der Waals surface area contributed by atoms with E-state index in [-0.39, 0.29) is 12.5 Å². The molecule has 100 valence electrons. The van der Waals surface area contributed by atoms with E-state index in [1.165, 1.54) is 0 Å². The third-order valence-electron chi connectivity index (χ3n) is 3.05. The molecule has 1 aliphatic rings. The zero-order chi connectivity index (χ0) is 13.5. The van der Waals surface area contributed by atoms with Crippen molar-refractivity contribution in [3.63, 3.8) is 0 Å². The number of carbonyl (C=O) groups is 1. The van der Waals surface area contributed by atoms with Gasteiger partial charge in [-0.3, -0.25) is 9.69 Å². The summed E-state index contributed by atoms with van der Waals surface area (Å²) >= 11 is 0. The van der Waals surface area contributed by atoms with E-state index in [0.29, 0.717) is 13.1 Å². The number of nitrogens with one attached hydrogen (secondary N) is 1. The van der Waals surface area contributed by atoms with Crippen molar-refractivity contribution in [1.29, 1.82) is 0 Å². The molecule has 2 N–H and O–H groups in total. The van der Waals surface area contributed by atoms with Gasteiger partial charge in [-0.15, -0.1) is 0 Å². The van der Waals surface area contributed by atoms with Gasteiger partial charge in [-0.2, -0.15) is 0 Å². The van der Waals surface area contributed by atoms with Gasteiger partial charge < -0.3 is 10.4 Å². The maximum Gasteiger partial charge on any atom is 0.234 e. The lowest BCUT2D eigenvalue weighted by atomic mass is 10.1. The van der Waals surface area contributed by atoms with Crippen molar-refractivity contribution in [1.82, 2.24) is 10.2 Å². The molecule has 0 radical (unpaired) electrons. The van der Waals surface area contributed by atoms with Gasteiger partial charge >= 0.3 is 0 Å². The molecule has 0 bridgehead atoms. The topological polar surface area (TPSA) is 52.6 Å². The van der Waals surface area contributed by atoms with Crippen LogP contribution in [0.2, 0.25) is 0 Å². The van der Waals surface area contributed by atoms with Gasteiger partial charge in [-0.05, 0) is 18.1 Å². The molecule has 0 aliphatic carbocycles. The maximum absolute atomic E-state index is 11.5. The zero-order valence-electron chi connectivity index (χ0n) is 10.9. The first-order valence-corrected chi connectivity index (χ1v) is 6.46. The van der Waals surface area contributed by atoms with Crippen LogP contribution in [0.3, 0.4) is 0 Å². The largest absolute Gasteiger partial charge is 0.384 e. The molecule has 19 heavy (non-hydrogen) atoms. The normalized spacial score (nSPS) is 16.2. The second kappa shape index (κ2) is 6.93. The number of amides is 1. The molecule has 1 fully saturated rings. The van der Waals surface area contributed by atoms with Crippen molar-refractivity contribution in [3.05, 3.63) is 35.4 Å². The summed E-state index contributed by atoms with van der Waals surface area (Å²) in [6.07, 6.45) is 0.968. The lowest BCUT2D eigenvalue weighted by Crippen LogP contribution is -2.32. The summed E-state index contributed by atoms with van der Waals surface area (Å²) in [5.41, 5.74) is 2.01. The van der Waals surface area contributed by atoms with Gasteiger partial charge in [-0.25, -0.2) is 0 Å². The first kappa shape index (κ1) is 13.6. The Hall–Kier alpha value is -1.83. The number of carbonyl (C=O) groups excluding carboxylic acids is 1. The SMILES string of the molecule is O=C1CN(Cc2ccccc2C#CCO)CCCN1. The smallest absolute Gasteiger partial charge is 0.234 e. The standard InChI is InChI=1S/C15H18N2O2/c18-10-3-7-13-5-1-2-6-14(13)11-17-9-4-8-16-15(19)12-17/h1-2,5-6,18H,4,8-12H2,(H,16,19). The highest BCUT2D eigenvalue weighted by atomic mass is 16.2. The molecule has 1 amide bonds. The zero-order valence-corrected chi connectivity index (χ0v) is 10.9. The molecule has 4 heteroatoms. The highest BCUT2D eigenvalue weighted by Crippen LogP contribution is 2.11. The first-order chi connectivity index (χ1) is 9.29. The molecule has 1 saturated heterocycles. The highest BCUT2D eigenvalue weighted by molar-refractivity contribution is 5.78. The van der Waals surface area contributed by atoms with Gasteiger partial charge in [-0.1, -0.05) is 30.0 Å². The summed E-state index contributed by atoms with van der Waals surface area (Å²) in [5, 5.41) is 11.6. The van der Waals surface area contributed by atoms with Crippen LogP contribution in [0.25, 0.3) is 0 Å². The Bertz CT molecular complexity index is 502. The fraction of sp³-hybridized carbons (Fsp3) is 0.400. The average molecular weight is 258 g/mol. The van der Waals surface area contributed by atoms with Crippen molar-refractivity contribution in [2.24, 2.45) is 0 Å². The van der Waals surface area contributed by atoms with Gasteiger partial charge in [0.1, 0.15) is 6.61 Å². The van der Waals surface area contributed by atoms with Crippen LogP contribution in [0.1, 0.15) is 17.5 Å². The fourth-order valence-electron chi connectivity index (χ4n) is 2.16. The fourth-order valence-corrected chi connectivity index (χ4v) is 2.16. The summed E-state index contributed by atoms with van der Waals surface area (Å²) < 4.78 is 0. The number of benzene rings is 1. The second-order valence-corrected chi connectivity index (χ2v) is 4.53. The summed E-state index contributed by atoms with van der Waals surface area (Å²) in [7, 11) is 0. The van der Waals surface area contributed by atoms with Crippen molar-refractivity contribution in [2.45, 2.75) is 13.0 Å². The molecular formula is C15H18N2O2. The average Bonchev–Trinajstić information content (AvgIpc) is 2.62. The van der Waals surface area contributed by atoms with E-state index in [1.54, 1.807) is 0 Å². The quantitative estimate of drug-likeness (QED) is 0.753. The Morgan fingerprint density at radius 2 is 2.21 bits per heavy atom. The molecule has 1 heterocycles.